The lowest BCUT2D eigenvalue weighted by Gasteiger charge is -2.11. The normalized spacial score (nSPS) is 10.8. The number of hydrogen-bond donors (Lipinski definition) is 0. The van der Waals surface area contributed by atoms with Crippen LogP contribution in [-0.4, -0.2) is 21.9 Å². The zero-order valence-electron chi connectivity index (χ0n) is 15.2. The van der Waals surface area contributed by atoms with Gasteiger partial charge in [-0.1, -0.05) is 53.7 Å². The summed E-state index contributed by atoms with van der Waals surface area (Å²) in [5.41, 5.74) is 3.14. The SMILES string of the molecule is COc1ccc(-c2nnc(SCc3cccc(Cl)c3)n2-c2ccccc2)cc1. The van der Waals surface area contributed by atoms with Gasteiger partial charge in [0.1, 0.15) is 5.75 Å². The first-order chi connectivity index (χ1) is 13.7. The fraction of sp³-hybridized carbons (Fsp3) is 0.0909. The Balaban J connectivity index is 1.71. The fourth-order valence-electron chi connectivity index (χ4n) is 2.87. The first kappa shape index (κ1) is 18.6. The number of methoxy groups -OCH3 is 1. The highest BCUT2D eigenvalue weighted by Crippen LogP contribution is 2.30. The number of para-hydroxylation sites is 1. The van der Waals surface area contributed by atoms with E-state index in [2.05, 4.69) is 33.0 Å². The summed E-state index contributed by atoms with van der Waals surface area (Å²) in [6.07, 6.45) is 0. The van der Waals surface area contributed by atoms with Crippen LogP contribution in [0.4, 0.5) is 0 Å². The molecule has 0 radical (unpaired) electrons. The summed E-state index contributed by atoms with van der Waals surface area (Å²) in [6, 6.07) is 25.9. The van der Waals surface area contributed by atoms with Crippen LogP contribution in [-0.2, 0) is 5.75 Å². The summed E-state index contributed by atoms with van der Waals surface area (Å²) >= 11 is 7.74. The molecule has 0 bridgehead atoms. The van der Waals surface area contributed by atoms with Crippen molar-refractivity contribution in [3.63, 3.8) is 0 Å². The molecule has 0 spiro atoms. The molecule has 140 valence electrons. The molecule has 6 heteroatoms. The summed E-state index contributed by atoms with van der Waals surface area (Å²) in [5, 5.41) is 10.5. The molecular weight excluding hydrogens is 390 g/mol. The summed E-state index contributed by atoms with van der Waals surface area (Å²) in [6.45, 7) is 0. The van der Waals surface area contributed by atoms with Crippen LogP contribution < -0.4 is 4.74 Å². The lowest BCUT2D eigenvalue weighted by atomic mass is 10.2. The Hall–Kier alpha value is -2.76. The largest absolute Gasteiger partial charge is 0.497 e. The molecule has 1 heterocycles. The molecule has 0 saturated heterocycles. The Kier molecular flexibility index (Phi) is 5.65. The molecule has 1 aromatic heterocycles. The minimum atomic E-state index is 0.738. The standard InChI is InChI=1S/C22H18ClN3OS/c1-27-20-12-10-17(11-13-20)21-24-25-22(26(21)19-8-3-2-4-9-19)28-15-16-6-5-7-18(23)14-16/h2-14H,15H2,1H3. The van der Waals surface area contributed by atoms with E-state index in [-0.39, 0.29) is 0 Å². The molecule has 0 amide bonds. The Morgan fingerprint density at radius 3 is 2.43 bits per heavy atom. The third kappa shape index (κ3) is 4.06. The fourth-order valence-corrected chi connectivity index (χ4v) is 3.98. The van der Waals surface area contributed by atoms with Gasteiger partial charge in [-0.05, 0) is 54.1 Å². The smallest absolute Gasteiger partial charge is 0.196 e. The first-order valence-electron chi connectivity index (χ1n) is 8.77. The van der Waals surface area contributed by atoms with Crippen LogP contribution in [0, 0.1) is 0 Å². The summed E-state index contributed by atoms with van der Waals surface area (Å²) in [7, 11) is 1.66. The van der Waals surface area contributed by atoms with Gasteiger partial charge in [-0.3, -0.25) is 4.57 Å². The van der Waals surface area contributed by atoms with Crippen LogP contribution >= 0.6 is 23.4 Å². The maximum Gasteiger partial charge on any atom is 0.196 e. The first-order valence-corrected chi connectivity index (χ1v) is 10.1. The molecule has 4 aromatic rings. The van der Waals surface area contributed by atoms with E-state index in [1.165, 1.54) is 0 Å². The van der Waals surface area contributed by atoms with Crippen molar-refractivity contribution in [2.24, 2.45) is 0 Å². The van der Waals surface area contributed by atoms with Crippen molar-refractivity contribution in [3.8, 4) is 22.8 Å². The monoisotopic (exact) mass is 407 g/mol. The maximum atomic E-state index is 6.11. The average molecular weight is 408 g/mol. The third-order valence-corrected chi connectivity index (χ3v) is 5.49. The average Bonchev–Trinajstić information content (AvgIpc) is 3.17. The number of thioether (sulfide) groups is 1. The second-order valence-electron chi connectivity index (χ2n) is 6.12. The number of rotatable bonds is 6. The van der Waals surface area contributed by atoms with Gasteiger partial charge in [-0.25, -0.2) is 0 Å². The van der Waals surface area contributed by atoms with E-state index in [1.807, 2.05) is 60.7 Å². The molecule has 0 aliphatic rings. The predicted octanol–water partition coefficient (Wildman–Crippen LogP) is 5.89. The summed E-state index contributed by atoms with van der Waals surface area (Å²) in [5.74, 6) is 2.36. The lowest BCUT2D eigenvalue weighted by Crippen LogP contribution is -1.99. The van der Waals surface area contributed by atoms with Crippen molar-refractivity contribution in [1.82, 2.24) is 14.8 Å². The van der Waals surface area contributed by atoms with Gasteiger partial charge in [-0.2, -0.15) is 0 Å². The molecule has 0 saturated carbocycles. The summed E-state index contributed by atoms with van der Waals surface area (Å²) in [4.78, 5) is 0. The Labute approximate surface area is 173 Å². The van der Waals surface area contributed by atoms with E-state index < -0.39 is 0 Å². The van der Waals surface area contributed by atoms with E-state index in [0.29, 0.717) is 0 Å². The number of ether oxygens (including phenoxy) is 1. The molecule has 3 aromatic carbocycles. The molecule has 0 aliphatic carbocycles. The van der Waals surface area contributed by atoms with Gasteiger partial charge < -0.3 is 4.74 Å². The van der Waals surface area contributed by atoms with Gasteiger partial charge in [0.25, 0.3) is 0 Å². The van der Waals surface area contributed by atoms with E-state index in [9.17, 15) is 0 Å². The van der Waals surface area contributed by atoms with Gasteiger partial charge in [0, 0.05) is 22.0 Å². The van der Waals surface area contributed by atoms with E-state index in [1.54, 1.807) is 18.9 Å². The highest BCUT2D eigenvalue weighted by molar-refractivity contribution is 7.98. The van der Waals surface area contributed by atoms with E-state index in [0.717, 1.165) is 44.3 Å². The van der Waals surface area contributed by atoms with Crippen LogP contribution in [0.3, 0.4) is 0 Å². The molecule has 0 atom stereocenters. The molecule has 4 rings (SSSR count). The Morgan fingerprint density at radius 2 is 1.71 bits per heavy atom. The van der Waals surface area contributed by atoms with Gasteiger partial charge in [0.2, 0.25) is 0 Å². The third-order valence-electron chi connectivity index (χ3n) is 4.25. The molecule has 0 unspecified atom stereocenters. The van der Waals surface area contributed by atoms with Gasteiger partial charge in [0.15, 0.2) is 11.0 Å². The minimum absolute atomic E-state index is 0.738. The van der Waals surface area contributed by atoms with Crippen molar-refractivity contribution in [2.75, 3.05) is 7.11 Å². The highest BCUT2D eigenvalue weighted by atomic mass is 35.5. The predicted molar refractivity (Wildman–Crippen MR) is 114 cm³/mol. The number of nitrogens with zero attached hydrogens (tertiary/aromatic N) is 3. The molecule has 0 aliphatic heterocycles. The number of halogens is 1. The van der Waals surface area contributed by atoms with Crippen LogP contribution in [0.25, 0.3) is 17.1 Å². The maximum absolute atomic E-state index is 6.11. The number of aromatic nitrogens is 3. The van der Waals surface area contributed by atoms with Crippen molar-refractivity contribution in [3.05, 3.63) is 89.4 Å². The zero-order valence-corrected chi connectivity index (χ0v) is 16.8. The van der Waals surface area contributed by atoms with Crippen LogP contribution in [0.5, 0.6) is 5.75 Å². The highest BCUT2D eigenvalue weighted by Gasteiger charge is 2.16. The lowest BCUT2D eigenvalue weighted by molar-refractivity contribution is 0.415. The van der Waals surface area contributed by atoms with Crippen LogP contribution in [0.2, 0.25) is 5.02 Å². The van der Waals surface area contributed by atoms with Crippen LogP contribution in [0.1, 0.15) is 5.56 Å². The van der Waals surface area contributed by atoms with Crippen molar-refractivity contribution in [2.45, 2.75) is 10.9 Å². The topological polar surface area (TPSA) is 39.9 Å². The van der Waals surface area contributed by atoms with E-state index >= 15 is 0 Å². The van der Waals surface area contributed by atoms with Crippen molar-refractivity contribution >= 4 is 23.4 Å². The molecular formula is C22H18ClN3OS. The molecule has 28 heavy (non-hydrogen) atoms. The molecule has 0 N–H and O–H groups in total. The van der Waals surface area contributed by atoms with Crippen LogP contribution in [0.15, 0.2) is 84.0 Å². The Bertz CT molecular complexity index is 1060. The minimum Gasteiger partial charge on any atom is -0.497 e. The van der Waals surface area contributed by atoms with Gasteiger partial charge in [-0.15, -0.1) is 10.2 Å². The number of hydrogen-bond acceptors (Lipinski definition) is 4. The zero-order chi connectivity index (χ0) is 19.3. The second-order valence-corrected chi connectivity index (χ2v) is 7.50. The number of benzene rings is 3. The quantitative estimate of drug-likeness (QED) is 0.374. The molecule has 0 fully saturated rings. The van der Waals surface area contributed by atoms with E-state index in [4.69, 9.17) is 16.3 Å². The van der Waals surface area contributed by atoms with Gasteiger partial charge >= 0.3 is 0 Å². The Morgan fingerprint density at radius 1 is 0.929 bits per heavy atom. The summed E-state index contributed by atoms with van der Waals surface area (Å²) < 4.78 is 7.34. The van der Waals surface area contributed by atoms with Gasteiger partial charge in [0.05, 0.1) is 7.11 Å². The van der Waals surface area contributed by atoms with Crippen molar-refractivity contribution in [1.29, 1.82) is 0 Å². The second kappa shape index (κ2) is 8.50. The van der Waals surface area contributed by atoms with Crippen molar-refractivity contribution < 1.29 is 4.74 Å². The molecule has 4 nitrogen and oxygen atoms in total.